The van der Waals surface area contributed by atoms with Crippen LogP contribution in [0.4, 0.5) is 5.69 Å². The number of anilines is 1. The molecule has 0 fully saturated rings. The lowest BCUT2D eigenvalue weighted by atomic mass is 10.3. The van der Waals surface area contributed by atoms with Gasteiger partial charge in [0, 0.05) is 19.3 Å². The van der Waals surface area contributed by atoms with Crippen LogP contribution in [0.25, 0.3) is 0 Å². The molecule has 0 aliphatic carbocycles. The zero-order chi connectivity index (χ0) is 8.81. The molecule has 0 aromatic carbocycles. The van der Waals surface area contributed by atoms with Gasteiger partial charge in [-0.1, -0.05) is 0 Å². The van der Waals surface area contributed by atoms with Crippen LogP contribution in [0.15, 0.2) is 24.5 Å². The van der Waals surface area contributed by atoms with E-state index in [0.29, 0.717) is 6.54 Å². The third-order valence-corrected chi connectivity index (χ3v) is 1.76. The van der Waals surface area contributed by atoms with E-state index in [9.17, 15) is 0 Å². The van der Waals surface area contributed by atoms with Gasteiger partial charge >= 0.3 is 0 Å². The molecule has 1 N–H and O–H groups in total. The van der Waals surface area contributed by atoms with Gasteiger partial charge < -0.3 is 10.0 Å². The molecule has 0 bridgehead atoms. The second kappa shape index (κ2) is 4.72. The van der Waals surface area contributed by atoms with E-state index in [2.05, 4.69) is 16.8 Å². The molecule has 0 amide bonds. The van der Waals surface area contributed by atoms with Crippen LogP contribution in [0.5, 0.6) is 0 Å². The number of nitrogens with zero attached hydrogens (tertiary/aromatic N) is 2. The highest BCUT2D eigenvalue weighted by molar-refractivity contribution is 5.43. The topological polar surface area (TPSA) is 36.4 Å². The van der Waals surface area contributed by atoms with Crippen LogP contribution in [0.1, 0.15) is 6.92 Å². The average molecular weight is 166 g/mol. The summed E-state index contributed by atoms with van der Waals surface area (Å²) >= 11 is 0. The van der Waals surface area contributed by atoms with Crippen molar-refractivity contribution < 1.29 is 5.11 Å². The lowest BCUT2D eigenvalue weighted by molar-refractivity contribution is 0.302. The molecule has 1 aromatic heterocycles. The number of aliphatic hydroxyl groups is 1. The molecule has 1 rings (SSSR count). The molecular formula is C9H14N2O. The summed E-state index contributed by atoms with van der Waals surface area (Å²) in [5.74, 6) is 0. The van der Waals surface area contributed by atoms with Crippen LogP contribution < -0.4 is 4.90 Å². The van der Waals surface area contributed by atoms with E-state index >= 15 is 0 Å². The van der Waals surface area contributed by atoms with Gasteiger partial charge in [-0.25, -0.2) is 0 Å². The van der Waals surface area contributed by atoms with E-state index in [-0.39, 0.29) is 6.61 Å². The van der Waals surface area contributed by atoms with Crippen molar-refractivity contribution in [2.24, 2.45) is 0 Å². The fraction of sp³-hybridized carbons (Fsp3) is 0.444. The van der Waals surface area contributed by atoms with E-state index in [1.807, 2.05) is 12.1 Å². The van der Waals surface area contributed by atoms with Gasteiger partial charge in [0.1, 0.15) is 0 Å². The summed E-state index contributed by atoms with van der Waals surface area (Å²) in [5, 5.41) is 8.77. The first-order valence-corrected chi connectivity index (χ1v) is 4.14. The lowest BCUT2D eigenvalue weighted by Crippen LogP contribution is -2.26. The Morgan fingerprint density at radius 2 is 2.42 bits per heavy atom. The van der Waals surface area contributed by atoms with Gasteiger partial charge in [0.05, 0.1) is 18.5 Å². The van der Waals surface area contributed by atoms with Crippen LogP contribution in [0.2, 0.25) is 0 Å². The number of pyridine rings is 1. The Morgan fingerprint density at radius 3 is 2.92 bits per heavy atom. The Balaban J connectivity index is 2.66. The molecule has 1 heterocycles. The monoisotopic (exact) mass is 166 g/mol. The second-order valence-electron chi connectivity index (χ2n) is 2.51. The van der Waals surface area contributed by atoms with E-state index < -0.39 is 0 Å². The van der Waals surface area contributed by atoms with Crippen molar-refractivity contribution in [1.82, 2.24) is 4.98 Å². The number of aliphatic hydroxyl groups excluding tert-OH is 1. The van der Waals surface area contributed by atoms with Gasteiger partial charge in [0.25, 0.3) is 0 Å². The minimum absolute atomic E-state index is 0.183. The van der Waals surface area contributed by atoms with E-state index in [0.717, 1.165) is 12.2 Å². The zero-order valence-electron chi connectivity index (χ0n) is 7.27. The molecule has 0 radical (unpaired) electrons. The van der Waals surface area contributed by atoms with Crippen LogP contribution in [-0.2, 0) is 0 Å². The van der Waals surface area contributed by atoms with Gasteiger partial charge in [0.15, 0.2) is 0 Å². The molecule has 1 aromatic rings. The Kier molecular flexibility index (Phi) is 3.54. The zero-order valence-corrected chi connectivity index (χ0v) is 7.27. The first kappa shape index (κ1) is 9.00. The SMILES string of the molecule is CCN(CCO)c1cccnc1. The number of rotatable bonds is 4. The average Bonchev–Trinajstić information content (AvgIpc) is 2.15. The molecule has 0 aliphatic rings. The first-order valence-electron chi connectivity index (χ1n) is 4.14. The summed E-state index contributed by atoms with van der Waals surface area (Å²) < 4.78 is 0. The quantitative estimate of drug-likeness (QED) is 0.722. The van der Waals surface area contributed by atoms with Gasteiger partial charge in [-0.15, -0.1) is 0 Å². The minimum atomic E-state index is 0.183. The number of likely N-dealkylation sites (N-methyl/N-ethyl adjacent to an activating group) is 1. The maximum absolute atomic E-state index is 8.77. The van der Waals surface area contributed by atoms with E-state index in [1.54, 1.807) is 12.4 Å². The molecule has 0 atom stereocenters. The largest absolute Gasteiger partial charge is 0.395 e. The summed E-state index contributed by atoms with van der Waals surface area (Å²) in [4.78, 5) is 6.09. The van der Waals surface area contributed by atoms with Gasteiger partial charge in [-0.05, 0) is 19.1 Å². The van der Waals surface area contributed by atoms with Crippen LogP contribution >= 0.6 is 0 Å². The molecule has 3 heteroatoms. The highest BCUT2D eigenvalue weighted by atomic mass is 16.3. The predicted octanol–water partition coefficient (Wildman–Crippen LogP) is 0.900. The molecule has 12 heavy (non-hydrogen) atoms. The van der Waals surface area contributed by atoms with Crippen molar-refractivity contribution in [3.05, 3.63) is 24.5 Å². The summed E-state index contributed by atoms with van der Waals surface area (Å²) in [7, 11) is 0. The Labute approximate surface area is 72.7 Å². The van der Waals surface area contributed by atoms with Crippen molar-refractivity contribution >= 4 is 5.69 Å². The third kappa shape index (κ3) is 2.20. The van der Waals surface area contributed by atoms with Gasteiger partial charge in [-0.3, -0.25) is 4.98 Å². The Bertz CT molecular complexity index is 213. The Morgan fingerprint density at radius 1 is 1.58 bits per heavy atom. The van der Waals surface area contributed by atoms with Crippen LogP contribution in [-0.4, -0.2) is 29.8 Å². The maximum atomic E-state index is 8.77. The minimum Gasteiger partial charge on any atom is -0.395 e. The molecule has 0 saturated heterocycles. The van der Waals surface area contributed by atoms with E-state index in [4.69, 9.17) is 5.11 Å². The molecule has 66 valence electrons. The number of hydrogen-bond acceptors (Lipinski definition) is 3. The summed E-state index contributed by atoms with van der Waals surface area (Å²) in [6.07, 6.45) is 3.55. The van der Waals surface area contributed by atoms with Crippen molar-refractivity contribution in [2.45, 2.75) is 6.92 Å². The molecule has 0 aliphatic heterocycles. The standard InChI is InChI=1S/C9H14N2O/c1-2-11(6-7-12)9-4-3-5-10-8-9/h3-5,8,12H,2,6-7H2,1H3. The van der Waals surface area contributed by atoms with Crippen molar-refractivity contribution in [3.63, 3.8) is 0 Å². The normalized spacial score (nSPS) is 9.83. The summed E-state index contributed by atoms with van der Waals surface area (Å²) in [5.41, 5.74) is 1.06. The van der Waals surface area contributed by atoms with Crippen LogP contribution in [0.3, 0.4) is 0 Å². The molecule has 0 spiro atoms. The van der Waals surface area contributed by atoms with Crippen molar-refractivity contribution in [3.8, 4) is 0 Å². The second-order valence-corrected chi connectivity index (χ2v) is 2.51. The van der Waals surface area contributed by atoms with Gasteiger partial charge in [0.2, 0.25) is 0 Å². The fourth-order valence-corrected chi connectivity index (χ4v) is 1.13. The number of hydrogen-bond donors (Lipinski definition) is 1. The summed E-state index contributed by atoms with van der Waals surface area (Å²) in [6, 6.07) is 3.89. The number of aromatic nitrogens is 1. The maximum Gasteiger partial charge on any atom is 0.0606 e. The molecule has 0 saturated carbocycles. The fourth-order valence-electron chi connectivity index (χ4n) is 1.13. The van der Waals surface area contributed by atoms with Crippen molar-refractivity contribution in [2.75, 3.05) is 24.6 Å². The molecular weight excluding hydrogens is 152 g/mol. The third-order valence-electron chi connectivity index (χ3n) is 1.76. The van der Waals surface area contributed by atoms with Crippen molar-refractivity contribution in [1.29, 1.82) is 0 Å². The summed E-state index contributed by atoms with van der Waals surface area (Å²) in [6.45, 7) is 3.81. The first-order chi connectivity index (χ1) is 5.88. The lowest BCUT2D eigenvalue weighted by Gasteiger charge is -2.20. The smallest absolute Gasteiger partial charge is 0.0606 e. The molecule has 3 nitrogen and oxygen atoms in total. The van der Waals surface area contributed by atoms with Crippen LogP contribution in [0, 0.1) is 0 Å². The Hall–Kier alpha value is -1.09. The predicted molar refractivity (Wildman–Crippen MR) is 49.2 cm³/mol. The highest BCUT2D eigenvalue weighted by Crippen LogP contribution is 2.09. The van der Waals surface area contributed by atoms with E-state index in [1.165, 1.54) is 0 Å². The molecule has 0 unspecified atom stereocenters. The van der Waals surface area contributed by atoms with Gasteiger partial charge in [-0.2, -0.15) is 0 Å². The highest BCUT2D eigenvalue weighted by Gasteiger charge is 2.01.